The number of fused-ring (bicyclic) bond motifs is 1. The lowest BCUT2D eigenvalue weighted by molar-refractivity contribution is 0.418. The number of nitrogens with zero attached hydrogens (tertiary/aromatic N) is 1. The monoisotopic (exact) mass is 267 g/mol. The SMILES string of the molecule is CC1(C)CCN(c2ccc(C(=N)N)c3ccccc23)C1. The van der Waals surface area contributed by atoms with Crippen LogP contribution >= 0.6 is 0 Å². The Morgan fingerprint density at radius 1 is 1.15 bits per heavy atom. The quantitative estimate of drug-likeness (QED) is 0.647. The topological polar surface area (TPSA) is 53.1 Å². The summed E-state index contributed by atoms with van der Waals surface area (Å²) in [5.74, 6) is 0.134. The lowest BCUT2D eigenvalue weighted by atomic mass is 9.93. The minimum absolute atomic E-state index is 0.134. The van der Waals surface area contributed by atoms with E-state index in [2.05, 4.69) is 43.0 Å². The number of anilines is 1. The van der Waals surface area contributed by atoms with Gasteiger partial charge in [-0.25, -0.2) is 0 Å². The predicted molar refractivity (Wildman–Crippen MR) is 85.6 cm³/mol. The van der Waals surface area contributed by atoms with Gasteiger partial charge in [-0.2, -0.15) is 0 Å². The minimum Gasteiger partial charge on any atom is -0.384 e. The maximum atomic E-state index is 7.72. The maximum absolute atomic E-state index is 7.72. The molecule has 0 saturated carbocycles. The highest BCUT2D eigenvalue weighted by Gasteiger charge is 2.30. The normalized spacial score (nSPS) is 17.6. The highest BCUT2D eigenvalue weighted by atomic mass is 15.2. The van der Waals surface area contributed by atoms with E-state index >= 15 is 0 Å². The van der Waals surface area contributed by atoms with Crippen molar-refractivity contribution in [3.8, 4) is 0 Å². The number of nitrogens with one attached hydrogen (secondary N) is 1. The van der Waals surface area contributed by atoms with Gasteiger partial charge in [0, 0.05) is 29.7 Å². The minimum atomic E-state index is 0.134. The van der Waals surface area contributed by atoms with Crippen LogP contribution in [0.25, 0.3) is 10.8 Å². The largest absolute Gasteiger partial charge is 0.384 e. The fraction of sp³-hybridized carbons (Fsp3) is 0.353. The summed E-state index contributed by atoms with van der Waals surface area (Å²) in [4.78, 5) is 2.45. The molecule has 1 aliphatic rings. The predicted octanol–water partition coefficient (Wildman–Crippen LogP) is 3.36. The van der Waals surface area contributed by atoms with Crippen molar-refractivity contribution in [3.05, 3.63) is 42.0 Å². The molecular formula is C17H21N3. The van der Waals surface area contributed by atoms with Gasteiger partial charge in [0.1, 0.15) is 5.84 Å². The van der Waals surface area contributed by atoms with Crippen LogP contribution in [0.3, 0.4) is 0 Å². The van der Waals surface area contributed by atoms with Crippen molar-refractivity contribution in [1.82, 2.24) is 0 Å². The Kier molecular flexibility index (Phi) is 2.93. The van der Waals surface area contributed by atoms with E-state index in [-0.39, 0.29) is 5.84 Å². The number of rotatable bonds is 2. The summed E-state index contributed by atoms with van der Waals surface area (Å²) in [6.45, 7) is 6.81. The van der Waals surface area contributed by atoms with E-state index in [4.69, 9.17) is 11.1 Å². The Morgan fingerprint density at radius 2 is 1.85 bits per heavy atom. The van der Waals surface area contributed by atoms with Crippen LogP contribution in [-0.2, 0) is 0 Å². The molecule has 0 amide bonds. The first-order chi connectivity index (χ1) is 9.48. The Bertz CT molecular complexity index is 673. The second-order valence-electron chi connectivity index (χ2n) is 6.43. The molecule has 3 heteroatoms. The smallest absolute Gasteiger partial charge is 0.123 e. The summed E-state index contributed by atoms with van der Waals surface area (Å²) in [5.41, 5.74) is 8.15. The highest BCUT2D eigenvalue weighted by Crippen LogP contribution is 2.36. The molecule has 3 rings (SSSR count). The zero-order valence-corrected chi connectivity index (χ0v) is 12.1. The maximum Gasteiger partial charge on any atom is 0.123 e. The lowest BCUT2D eigenvalue weighted by Gasteiger charge is -2.23. The highest BCUT2D eigenvalue weighted by molar-refractivity contribution is 6.10. The summed E-state index contributed by atoms with van der Waals surface area (Å²) in [7, 11) is 0. The van der Waals surface area contributed by atoms with Gasteiger partial charge in [-0.15, -0.1) is 0 Å². The summed E-state index contributed by atoms with van der Waals surface area (Å²) >= 11 is 0. The average Bonchev–Trinajstić information content (AvgIpc) is 2.77. The number of nitrogen functional groups attached to an aromatic ring is 1. The average molecular weight is 267 g/mol. The molecule has 1 fully saturated rings. The summed E-state index contributed by atoms with van der Waals surface area (Å²) < 4.78 is 0. The fourth-order valence-electron chi connectivity index (χ4n) is 3.11. The van der Waals surface area contributed by atoms with Crippen molar-refractivity contribution >= 4 is 22.3 Å². The molecule has 3 nitrogen and oxygen atoms in total. The Labute approximate surface area is 119 Å². The van der Waals surface area contributed by atoms with Gasteiger partial charge in [-0.05, 0) is 29.4 Å². The zero-order valence-electron chi connectivity index (χ0n) is 12.1. The lowest BCUT2D eigenvalue weighted by Crippen LogP contribution is -2.23. The Balaban J connectivity index is 2.14. The van der Waals surface area contributed by atoms with E-state index < -0.39 is 0 Å². The molecule has 0 unspecified atom stereocenters. The first kappa shape index (κ1) is 13.0. The number of amidine groups is 1. The van der Waals surface area contributed by atoms with Crippen LogP contribution in [0.15, 0.2) is 36.4 Å². The first-order valence-corrected chi connectivity index (χ1v) is 7.09. The van der Waals surface area contributed by atoms with Crippen LogP contribution in [-0.4, -0.2) is 18.9 Å². The van der Waals surface area contributed by atoms with Crippen LogP contribution in [0.1, 0.15) is 25.8 Å². The van der Waals surface area contributed by atoms with E-state index in [1.807, 2.05) is 12.1 Å². The fourth-order valence-corrected chi connectivity index (χ4v) is 3.11. The molecule has 104 valence electrons. The molecule has 1 aliphatic heterocycles. The van der Waals surface area contributed by atoms with Crippen molar-refractivity contribution in [3.63, 3.8) is 0 Å². The molecule has 3 N–H and O–H groups in total. The van der Waals surface area contributed by atoms with E-state index in [1.54, 1.807) is 0 Å². The van der Waals surface area contributed by atoms with Gasteiger partial charge in [0.2, 0.25) is 0 Å². The van der Waals surface area contributed by atoms with Gasteiger partial charge >= 0.3 is 0 Å². The second kappa shape index (κ2) is 4.51. The summed E-state index contributed by atoms with van der Waals surface area (Å²) in [6.07, 6.45) is 1.22. The van der Waals surface area contributed by atoms with Crippen LogP contribution < -0.4 is 10.6 Å². The molecule has 0 bridgehead atoms. The number of benzene rings is 2. The van der Waals surface area contributed by atoms with E-state index in [9.17, 15) is 0 Å². The van der Waals surface area contributed by atoms with Crippen molar-refractivity contribution in [2.45, 2.75) is 20.3 Å². The standard InChI is InChI=1S/C17H21N3/c1-17(2)9-10-20(11-17)15-8-7-14(16(18)19)12-5-3-4-6-13(12)15/h3-8H,9-11H2,1-2H3,(H3,18,19). The van der Waals surface area contributed by atoms with Crippen LogP contribution in [0.4, 0.5) is 5.69 Å². The molecule has 20 heavy (non-hydrogen) atoms. The van der Waals surface area contributed by atoms with Gasteiger partial charge in [-0.3, -0.25) is 5.41 Å². The Morgan fingerprint density at radius 3 is 2.45 bits per heavy atom. The number of hydrogen-bond acceptors (Lipinski definition) is 2. The van der Waals surface area contributed by atoms with Gasteiger partial charge in [-0.1, -0.05) is 38.1 Å². The Hall–Kier alpha value is -2.03. The van der Waals surface area contributed by atoms with Gasteiger partial charge in [0.05, 0.1) is 0 Å². The van der Waals surface area contributed by atoms with Crippen molar-refractivity contribution in [1.29, 1.82) is 5.41 Å². The van der Waals surface area contributed by atoms with Crippen LogP contribution in [0.5, 0.6) is 0 Å². The number of nitrogens with two attached hydrogens (primary N) is 1. The molecule has 0 atom stereocenters. The van der Waals surface area contributed by atoms with E-state index in [0.717, 1.165) is 24.0 Å². The van der Waals surface area contributed by atoms with Crippen LogP contribution in [0.2, 0.25) is 0 Å². The number of hydrogen-bond donors (Lipinski definition) is 2. The van der Waals surface area contributed by atoms with Crippen LogP contribution in [0, 0.1) is 10.8 Å². The summed E-state index contributed by atoms with van der Waals surface area (Å²) in [5, 5.41) is 9.99. The van der Waals surface area contributed by atoms with Gasteiger partial charge in [0.25, 0.3) is 0 Å². The molecule has 2 aromatic rings. The molecule has 1 saturated heterocycles. The van der Waals surface area contributed by atoms with Crippen molar-refractivity contribution < 1.29 is 0 Å². The third-order valence-electron chi connectivity index (χ3n) is 4.21. The van der Waals surface area contributed by atoms with Gasteiger partial charge < -0.3 is 10.6 Å². The second-order valence-corrected chi connectivity index (χ2v) is 6.43. The molecule has 2 aromatic carbocycles. The van der Waals surface area contributed by atoms with E-state index in [0.29, 0.717) is 5.41 Å². The molecule has 0 aliphatic carbocycles. The molecule has 1 heterocycles. The first-order valence-electron chi connectivity index (χ1n) is 7.09. The molecule has 0 radical (unpaired) electrons. The molecule has 0 spiro atoms. The molecular weight excluding hydrogens is 246 g/mol. The van der Waals surface area contributed by atoms with Crippen molar-refractivity contribution in [2.24, 2.45) is 11.1 Å². The summed E-state index contributed by atoms with van der Waals surface area (Å²) in [6, 6.07) is 12.3. The zero-order chi connectivity index (χ0) is 14.3. The molecule has 0 aromatic heterocycles. The van der Waals surface area contributed by atoms with Gasteiger partial charge in [0.15, 0.2) is 0 Å². The third-order valence-corrected chi connectivity index (χ3v) is 4.21. The van der Waals surface area contributed by atoms with Crippen molar-refractivity contribution in [2.75, 3.05) is 18.0 Å². The third kappa shape index (κ3) is 2.13. The van der Waals surface area contributed by atoms with E-state index in [1.165, 1.54) is 17.5 Å².